The van der Waals surface area contributed by atoms with Crippen molar-refractivity contribution < 1.29 is 14.2 Å². The van der Waals surface area contributed by atoms with Crippen LogP contribution in [-0.4, -0.2) is 39.4 Å². The molecule has 0 fully saturated rings. The van der Waals surface area contributed by atoms with Gasteiger partial charge in [-0.3, -0.25) is 0 Å². The highest BCUT2D eigenvalue weighted by Gasteiger charge is 1.94. The first-order chi connectivity index (χ1) is 9.36. The van der Waals surface area contributed by atoms with Gasteiger partial charge in [0.25, 0.3) is 0 Å². The molecule has 0 aliphatic rings. The van der Waals surface area contributed by atoms with Gasteiger partial charge in [-0.1, -0.05) is 11.8 Å². The molecule has 0 bridgehead atoms. The van der Waals surface area contributed by atoms with Crippen molar-refractivity contribution in [3.63, 3.8) is 0 Å². The summed E-state index contributed by atoms with van der Waals surface area (Å²) in [5, 5.41) is 0. The lowest BCUT2D eigenvalue weighted by Crippen LogP contribution is -2.08. The maximum atomic E-state index is 5.54. The van der Waals surface area contributed by atoms with Crippen LogP contribution in [0.5, 0.6) is 5.75 Å². The summed E-state index contributed by atoms with van der Waals surface area (Å²) in [6.07, 6.45) is 0.907. The predicted molar refractivity (Wildman–Crippen MR) is 76.8 cm³/mol. The van der Waals surface area contributed by atoms with Gasteiger partial charge in [-0.15, -0.1) is 11.6 Å². The van der Waals surface area contributed by atoms with Crippen LogP contribution in [0.2, 0.25) is 0 Å². The van der Waals surface area contributed by atoms with Crippen molar-refractivity contribution >= 4 is 11.6 Å². The van der Waals surface area contributed by atoms with Gasteiger partial charge in [0, 0.05) is 25.9 Å². The van der Waals surface area contributed by atoms with Gasteiger partial charge in [-0.25, -0.2) is 0 Å². The first-order valence-corrected chi connectivity index (χ1v) is 6.74. The van der Waals surface area contributed by atoms with Gasteiger partial charge in [-0.05, 0) is 30.7 Å². The average Bonchev–Trinajstić information content (AvgIpc) is 2.45. The first-order valence-electron chi connectivity index (χ1n) is 6.21. The zero-order valence-corrected chi connectivity index (χ0v) is 11.9. The second-order valence-corrected chi connectivity index (χ2v) is 4.03. The minimum absolute atomic E-state index is 0.346. The molecular weight excluding hydrogens is 264 g/mol. The smallest absolute Gasteiger partial charge is 0.119 e. The molecule has 19 heavy (non-hydrogen) atoms. The topological polar surface area (TPSA) is 27.7 Å². The second-order valence-electron chi connectivity index (χ2n) is 3.77. The highest BCUT2D eigenvalue weighted by atomic mass is 35.5. The monoisotopic (exact) mass is 282 g/mol. The molecule has 0 heterocycles. The third-order valence-electron chi connectivity index (χ3n) is 2.29. The van der Waals surface area contributed by atoms with E-state index < -0.39 is 0 Å². The first kappa shape index (κ1) is 15.8. The Balaban J connectivity index is 2.16. The summed E-state index contributed by atoms with van der Waals surface area (Å²) in [7, 11) is 1.68. The number of halogens is 1. The zero-order chi connectivity index (χ0) is 13.8. The van der Waals surface area contributed by atoms with Crippen LogP contribution in [0.1, 0.15) is 12.0 Å². The van der Waals surface area contributed by atoms with E-state index in [1.165, 1.54) is 0 Å². The Morgan fingerprint density at radius 3 is 2.53 bits per heavy atom. The molecule has 0 unspecified atom stereocenters. The Morgan fingerprint density at radius 1 is 1.05 bits per heavy atom. The van der Waals surface area contributed by atoms with Gasteiger partial charge in [0.15, 0.2) is 0 Å². The minimum Gasteiger partial charge on any atom is -0.491 e. The molecule has 0 radical (unpaired) electrons. The van der Waals surface area contributed by atoms with Gasteiger partial charge in [0.05, 0.1) is 12.5 Å². The van der Waals surface area contributed by atoms with E-state index in [-0.39, 0.29) is 0 Å². The van der Waals surface area contributed by atoms with Gasteiger partial charge in [-0.2, -0.15) is 0 Å². The lowest BCUT2D eigenvalue weighted by molar-refractivity contribution is 0.0806. The molecule has 3 nitrogen and oxygen atoms in total. The van der Waals surface area contributed by atoms with E-state index >= 15 is 0 Å². The number of hydrogen-bond acceptors (Lipinski definition) is 3. The molecule has 0 N–H and O–H groups in total. The van der Waals surface area contributed by atoms with Crippen LogP contribution >= 0.6 is 11.6 Å². The second kappa shape index (κ2) is 10.7. The van der Waals surface area contributed by atoms with E-state index in [0.717, 1.165) is 24.3 Å². The Labute approximate surface area is 119 Å². The van der Waals surface area contributed by atoms with Crippen LogP contribution in [0, 0.1) is 11.8 Å². The van der Waals surface area contributed by atoms with Crippen molar-refractivity contribution in [1.29, 1.82) is 0 Å². The fourth-order valence-electron chi connectivity index (χ4n) is 1.40. The Hall–Kier alpha value is -1.21. The molecule has 0 aromatic heterocycles. The number of ether oxygens (including phenoxy) is 3. The van der Waals surface area contributed by atoms with Crippen LogP contribution in [-0.2, 0) is 9.47 Å². The Bertz CT molecular complexity index is 392. The molecule has 1 rings (SSSR count). The minimum atomic E-state index is 0.346. The van der Waals surface area contributed by atoms with Gasteiger partial charge in [0.2, 0.25) is 0 Å². The summed E-state index contributed by atoms with van der Waals surface area (Å²) >= 11 is 5.49. The van der Waals surface area contributed by atoms with E-state index in [9.17, 15) is 0 Å². The molecule has 4 heteroatoms. The Morgan fingerprint density at radius 2 is 1.84 bits per heavy atom. The zero-order valence-electron chi connectivity index (χ0n) is 11.2. The molecule has 0 atom stereocenters. The lowest BCUT2D eigenvalue weighted by Gasteiger charge is -2.07. The summed E-state index contributed by atoms with van der Waals surface area (Å²) in [5.74, 6) is 6.91. The average molecular weight is 283 g/mol. The van der Waals surface area contributed by atoms with Crippen molar-refractivity contribution in [2.75, 3.05) is 39.4 Å². The molecule has 0 amide bonds. The lowest BCUT2D eigenvalue weighted by atomic mass is 10.2. The number of alkyl halides is 1. The summed E-state index contributed by atoms with van der Waals surface area (Å²) < 4.78 is 15.9. The summed E-state index contributed by atoms with van der Waals surface area (Å²) in [5.41, 5.74) is 0.934. The number of benzene rings is 1. The maximum Gasteiger partial charge on any atom is 0.119 e. The van der Waals surface area contributed by atoms with E-state index in [0.29, 0.717) is 25.7 Å². The van der Waals surface area contributed by atoms with Crippen LogP contribution < -0.4 is 4.74 Å². The van der Waals surface area contributed by atoms with E-state index in [1.54, 1.807) is 7.11 Å². The standard InChI is InChI=1S/C15H19ClO3/c1-17-10-3-11-18-12-13-19-15-7-5-14(6-8-15)4-2-9-16/h5-8H,3,9-13H2,1H3. The van der Waals surface area contributed by atoms with Crippen molar-refractivity contribution in [3.05, 3.63) is 29.8 Å². The van der Waals surface area contributed by atoms with Crippen molar-refractivity contribution in [3.8, 4) is 17.6 Å². The highest BCUT2D eigenvalue weighted by molar-refractivity contribution is 6.19. The largest absolute Gasteiger partial charge is 0.491 e. The molecule has 0 aliphatic carbocycles. The molecule has 0 aliphatic heterocycles. The highest BCUT2D eigenvalue weighted by Crippen LogP contribution is 2.11. The Kier molecular flexibility index (Phi) is 8.91. The van der Waals surface area contributed by atoms with E-state index in [4.69, 9.17) is 25.8 Å². The normalized spacial score (nSPS) is 9.79. The van der Waals surface area contributed by atoms with Crippen molar-refractivity contribution in [1.82, 2.24) is 0 Å². The van der Waals surface area contributed by atoms with Crippen molar-refractivity contribution in [2.45, 2.75) is 6.42 Å². The third-order valence-corrected chi connectivity index (χ3v) is 2.42. The molecule has 104 valence electrons. The van der Waals surface area contributed by atoms with Crippen LogP contribution in [0.4, 0.5) is 0 Å². The van der Waals surface area contributed by atoms with Crippen LogP contribution in [0.25, 0.3) is 0 Å². The van der Waals surface area contributed by atoms with Crippen LogP contribution in [0.3, 0.4) is 0 Å². The van der Waals surface area contributed by atoms with Gasteiger partial charge >= 0.3 is 0 Å². The quantitative estimate of drug-likeness (QED) is 0.417. The molecular formula is C15H19ClO3. The van der Waals surface area contributed by atoms with Gasteiger partial charge < -0.3 is 14.2 Å². The van der Waals surface area contributed by atoms with Crippen molar-refractivity contribution in [2.24, 2.45) is 0 Å². The summed E-state index contributed by atoms with van der Waals surface area (Å²) in [6, 6.07) is 7.61. The SMILES string of the molecule is COCCCOCCOc1ccc(C#CCCl)cc1. The summed E-state index contributed by atoms with van der Waals surface area (Å²) in [6.45, 7) is 2.55. The number of rotatable bonds is 8. The van der Waals surface area contributed by atoms with Gasteiger partial charge in [0.1, 0.15) is 12.4 Å². The number of hydrogen-bond donors (Lipinski definition) is 0. The van der Waals surface area contributed by atoms with E-state index in [1.807, 2.05) is 24.3 Å². The third kappa shape index (κ3) is 7.74. The fourth-order valence-corrected chi connectivity index (χ4v) is 1.46. The summed E-state index contributed by atoms with van der Waals surface area (Å²) in [4.78, 5) is 0. The van der Waals surface area contributed by atoms with Crippen LogP contribution in [0.15, 0.2) is 24.3 Å². The molecule has 0 saturated heterocycles. The molecule has 1 aromatic carbocycles. The molecule has 0 spiro atoms. The fraction of sp³-hybridized carbons (Fsp3) is 0.467. The maximum absolute atomic E-state index is 5.54. The molecule has 1 aromatic rings. The molecule has 0 saturated carbocycles. The predicted octanol–water partition coefficient (Wildman–Crippen LogP) is 2.71. The van der Waals surface area contributed by atoms with E-state index in [2.05, 4.69) is 11.8 Å². The number of methoxy groups -OCH3 is 1.